The number of carbonyl (C=O) groups excluding carboxylic acids is 1. The Kier molecular flexibility index (Phi) is 3.08. The maximum absolute atomic E-state index is 10.4. The number of rotatable bonds is 2. The third-order valence-electron chi connectivity index (χ3n) is 1.46. The first-order chi connectivity index (χ1) is 6.09. The summed E-state index contributed by atoms with van der Waals surface area (Å²) in [5, 5.41) is 0. The van der Waals surface area contributed by atoms with E-state index in [1.165, 1.54) is 6.08 Å². The molecule has 0 bridgehead atoms. The number of amides is 1. The molecule has 0 aliphatic heterocycles. The van der Waals surface area contributed by atoms with Crippen molar-refractivity contribution >= 4 is 33.6 Å². The second-order valence-corrected chi connectivity index (χ2v) is 3.37. The summed E-state index contributed by atoms with van der Waals surface area (Å²) in [7, 11) is 0. The molecule has 1 aromatic rings. The first-order valence-corrected chi connectivity index (χ1v) is 4.41. The Hall–Kier alpha value is -1.29. The van der Waals surface area contributed by atoms with Crippen molar-refractivity contribution in [3.05, 3.63) is 34.3 Å². The topological polar surface area (TPSA) is 69.1 Å². The van der Waals surface area contributed by atoms with Crippen molar-refractivity contribution in [1.82, 2.24) is 0 Å². The van der Waals surface area contributed by atoms with Gasteiger partial charge in [0.25, 0.3) is 0 Å². The van der Waals surface area contributed by atoms with Crippen LogP contribution in [0.25, 0.3) is 6.08 Å². The number of anilines is 1. The summed E-state index contributed by atoms with van der Waals surface area (Å²) >= 11 is 3.27. The lowest BCUT2D eigenvalue weighted by atomic mass is 10.2. The van der Waals surface area contributed by atoms with E-state index in [4.69, 9.17) is 11.5 Å². The van der Waals surface area contributed by atoms with E-state index in [-0.39, 0.29) is 0 Å². The van der Waals surface area contributed by atoms with Gasteiger partial charge in [-0.15, -0.1) is 0 Å². The molecule has 0 heterocycles. The van der Waals surface area contributed by atoms with Gasteiger partial charge in [-0.3, -0.25) is 4.79 Å². The molecule has 0 aromatic heterocycles. The molecule has 0 saturated heterocycles. The predicted molar refractivity (Wildman–Crippen MR) is 56.8 cm³/mol. The summed E-state index contributed by atoms with van der Waals surface area (Å²) in [6, 6.07) is 5.40. The number of halogens is 1. The minimum atomic E-state index is -0.471. The van der Waals surface area contributed by atoms with Gasteiger partial charge < -0.3 is 11.5 Å². The van der Waals surface area contributed by atoms with Gasteiger partial charge in [-0.1, -0.05) is 6.07 Å². The zero-order valence-corrected chi connectivity index (χ0v) is 8.41. The monoisotopic (exact) mass is 240 g/mol. The Bertz CT molecular complexity index is 361. The van der Waals surface area contributed by atoms with Crippen molar-refractivity contribution in [2.75, 3.05) is 5.73 Å². The molecule has 4 heteroatoms. The molecule has 0 atom stereocenters. The van der Waals surface area contributed by atoms with Crippen LogP contribution in [0.2, 0.25) is 0 Å². The smallest absolute Gasteiger partial charge is 0.241 e. The molecule has 0 spiro atoms. The van der Waals surface area contributed by atoms with Crippen LogP contribution < -0.4 is 11.5 Å². The molecule has 13 heavy (non-hydrogen) atoms. The number of nitrogen functional groups attached to an aromatic ring is 1. The number of primary amides is 1. The van der Waals surface area contributed by atoms with E-state index in [0.717, 1.165) is 10.0 Å². The molecule has 1 amide bonds. The lowest BCUT2D eigenvalue weighted by Gasteiger charge is -1.98. The van der Waals surface area contributed by atoms with E-state index in [9.17, 15) is 4.79 Å². The molecule has 0 fully saturated rings. The van der Waals surface area contributed by atoms with Crippen LogP contribution in [0.3, 0.4) is 0 Å². The zero-order valence-electron chi connectivity index (χ0n) is 6.83. The van der Waals surface area contributed by atoms with E-state index in [2.05, 4.69) is 15.9 Å². The second-order valence-electron chi connectivity index (χ2n) is 2.52. The quantitative estimate of drug-likeness (QED) is 0.608. The standard InChI is InChI=1S/C9H9BrN2O/c10-7-3-1-6(5-8(7)11)2-4-9(12)13/h1-5H,11H2,(H2,12,13)/b4-2-. The molecule has 68 valence electrons. The van der Waals surface area contributed by atoms with Crippen molar-refractivity contribution in [2.24, 2.45) is 5.73 Å². The van der Waals surface area contributed by atoms with Crippen molar-refractivity contribution in [2.45, 2.75) is 0 Å². The van der Waals surface area contributed by atoms with Gasteiger partial charge in [0.05, 0.1) is 0 Å². The number of nitrogens with two attached hydrogens (primary N) is 2. The molecular weight excluding hydrogens is 232 g/mol. The molecular formula is C9H9BrN2O. The number of hydrogen-bond donors (Lipinski definition) is 2. The van der Waals surface area contributed by atoms with Gasteiger partial charge >= 0.3 is 0 Å². The van der Waals surface area contributed by atoms with Gasteiger partial charge in [0, 0.05) is 16.2 Å². The second kappa shape index (κ2) is 4.09. The fourth-order valence-corrected chi connectivity index (χ4v) is 1.09. The molecule has 1 aromatic carbocycles. The van der Waals surface area contributed by atoms with Crippen molar-refractivity contribution in [3.63, 3.8) is 0 Å². The first-order valence-electron chi connectivity index (χ1n) is 3.62. The van der Waals surface area contributed by atoms with E-state index in [1.54, 1.807) is 12.1 Å². The van der Waals surface area contributed by atoms with E-state index in [1.807, 2.05) is 12.1 Å². The highest BCUT2D eigenvalue weighted by molar-refractivity contribution is 9.10. The Morgan fingerprint density at radius 1 is 1.46 bits per heavy atom. The van der Waals surface area contributed by atoms with E-state index >= 15 is 0 Å². The van der Waals surface area contributed by atoms with E-state index < -0.39 is 5.91 Å². The lowest BCUT2D eigenvalue weighted by molar-refractivity contribution is -0.113. The summed E-state index contributed by atoms with van der Waals surface area (Å²) in [5.41, 5.74) is 12.0. The minimum Gasteiger partial charge on any atom is -0.398 e. The molecule has 0 radical (unpaired) electrons. The van der Waals surface area contributed by atoms with Crippen LogP contribution in [-0.2, 0) is 4.79 Å². The summed E-state index contributed by atoms with van der Waals surface area (Å²) in [5.74, 6) is -0.471. The Morgan fingerprint density at radius 3 is 2.69 bits per heavy atom. The van der Waals surface area contributed by atoms with Gasteiger partial charge in [-0.2, -0.15) is 0 Å². The maximum Gasteiger partial charge on any atom is 0.241 e. The summed E-state index contributed by atoms with van der Waals surface area (Å²) < 4.78 is 0.837. The third kappa shape index (κ3) is 2.91. The Balaban J connectivity index is 2.92. The third-order valence-corrected chi connectivity index (χ3v) is 2.18. The van der Waals surface area contributed by atoms with Crippen LogP contribution in [0.15, 0.2) is 28.7 Å². The van der Waals surface area contributed by atoms with Crippen LogP contribution >= 0.6 is 15.9 Å². The normalized spacial score (nSPS) is 10.5. The highest BCUT2D eigenvalue weighted by atomic mass is 79.9. The number of benzene rings is 1. The first kappa shape index (κ1) is 9.80. The number of hydrogen-bond acceptors (Lipinski definition) is 2. The number of carbonyl (C=O) groups is 1. The van der Waals surface area contributed by atoms with Gasteiger partial charge in [0.15, 0.2) is 0 Å². The Labute approximate surface area is 84.5 Å². The fourth-order valence-electron chi connectivity index (χ4n) is 0.844. The average molecular weight is 241 g/mol. The fraction of sp³-hybridized carbons (Fsp3) is 0. The molecule has 0 unspecified atom stereocenters. The van der Waals surface area contributed by atoms with Crippen LogP contribution in [0.5, 0.6) is 0 Å². The highest BCUT2D eigenvalue weighted by Gasteiger charge is 1.94. The van der Waals surface area contributed by atoms with Gasteiger partial charge in [-0.05, 0) is 39.7 Å². The SMILES string of the molecule is NC(=O)/C=C\c1ccc(Br)c(N)c1. The van der Waals surface area contributed by atoms with Gasteiger partial charge in [0.1, 0.15) is 0 Å². The van der Waals surface area contributed by atoms with E-state index in [0.29, 0.717) is 5.69 Å². The molecule has 4 N–H and O–H groups in total. The van der Waals surface area contributed by atoms with Crippen molar-refractivity contribution in [1.29, 1.82) is 0 Å². The molecule has 0 aliphatic rings. The minimum absolute atomic E-state index is 0.471. The van der Waals surface area contributed by atoms with Gasteiger partial charge in [-0.25, -0.2) is 0 Å². The highest BCUT2D eigenvalue weighted by Crippen LogP contribution is 2.20. The maximum atomic E-state index is 10.4. The summed E-state index contributed by atoms with van der Waals surface area (Å²) in [4.78, 5) is 10.4. The Morgan fingerprint density at radius 2 is 2.15 bits per heavy atom. The zero-order chi connectivity index (χ0) is 9.84. The van der Waals surface area contributed by atoms with Crippen LogP contribution in [0.4, 0.5) is 5.69 Å². The van der Waals surface area contributed by atoms with Gasteiger partial charge in [0.2, 0.25) is 5.91 Å². The molecule has 0 saturated carbocycles. The van der Waals surface area contributed by atoms with Crippen molar-refractivity contribution < 1.29 is 4.79 Å². The molecule has 1 rings (SSSR count). The average Bonchev–Trinajstić information content (AvgIpc) is 2.07. The van der Waals surface area contributed by atoms with Crippen molar-refractivity contribution in [3.8, 4) is 0 Å². The van der Waals surface area contributed by atoms with Crippen LogP contribution in [0, 0.1) is 0 Å². The lowest BCUT2D eigenvalue weighted by Crippen LogP contribution is -2.05. The van der Waals surface area contributed by atoms with Crippen LogP contribution in [-0.4, -0.2) is 5.91 Å². The molecule has 0 aliphatic carbocycles. The largest absolute Gasteiger partial charge is 0.398 e. The molecule has 3 nitrogen and oxygen atoms in total. The van der Waals surface area contributed by atoms with Crippen LogP contribution in [0.1, 0.15) is 5.56 Å². The predicted octanol–water partition coefficient (Wildman–Crippen LogP) is 1.53. The summed E-state index contributed by atoms with van der Waals surface area (Å²) in [6.07, 6.45) is 2.91. The summed E-state index contributed by atoms with van der Waals surface area (Å²) in [6.45, 7) is 0.